The van der Waals surface area contributed by atoms with Crippen molar-refractivity contribution in [3.05, 3.63) is 0 Å². The van der Waals surface area contributed by atoms with E-state index in [4.69, 9.17) is 0 Å². The summed E-state index contributed by atoms with van der Waals surface area (Å²) in [7, 11) is 0. The summed E-state index contributed by atoms with van der Waals surface area (Å²) in [6.07, 6.45) is 1.22. The predicted octanol–water partition coefficient (Wildman–Crippen LogP) is -0.896. The summed E-state index contributed by atoms with van der Waals surface area (Å²) in [5.74, 6) is -0.414. The van der Waals surface area contributed by atoms with Crippen LogP contribution in [0.3, 0.4) is 0 Å². The standard InChI is InChI=1S/C5H6N2O2/c8-4-1-5(9)7-3-6-2-4/h3H,1-2H2,(H,6,7,9). The first-order valence-electron chi connectivity index (χ1n) is 2.58. The number of nitrogens with zero attached hydrogens (tertiary/aromatic N) is 1. The van der Waals surface area contributed by atoms with E-state index in [0.29, 0.717) is 0 Å². The summed E-state index contributed by atoms with van der Waals surface area (Å²) >= 11 is 0. The Kier molecular flexibility index (Phi) is 1.58. The van der Waals surface area contributed by atoms with E-state index in [1.54, 1.807) is 0 Å². The summed E-state index contributed by atoms with van der Waals surface area (Å²) < 4.78 is 0. The third kappa shape index (κ3) is 1.64. The zero-order valence-corrected chi connectivity index (χ0v) is 4.76. The van der Waals surface area contributed by atoms with Gasteiger partial charge in [-0.2, -0.15) is 0 Å². The monoisotopic (exact) mass is 126 g/mol. The van der Waals surface area contributed by atoms with Crippen LogP contribution in [0.2, 0.25) is 0 Å². The molecule has 0 aromatic rings. The second kappa shape index (κ2) is 2.39. The van der Waals surface area contributed by atoms with Crippen LogP contribution in [0.5, 0.6) is 0 Å². The van der Waals surface area contributed by atoms with Gasteiger partial charge in [-0.15, -0.1) is 0 Å². The van der Waals surface area contributed by atoms with Crippen LogP contribution in [0, 0.1) is 0 Å². The molecule has 48 valence electrons. The van der Waals surface area contributed by atoms with Crippen LogP contribution in [0.15, 0.2) is 4.99 Å². The number of carbonyl (C=O) groups excluding carboxylic acids is 2. The molecule has 1 rings (SSSR count). The molecule has 0 saturated carbocycles. The van der Waals surface area contributed by atoms with Gasteiger partial charge < -0.3 is 5.32 Å². The summed E-state index contributed by atoms with van der Waals surface area (Å²) in [5.41, 5.74) is 0. The molecule has 4 heteroatoms. The molecule has 0 radical (unpaired) electrons. The minimum absolute atomic E-state index is 0.0417. The molecule has 0 spiro atoms. The molecule has 0 atom stereocenters. The van der Waals surface area contributed by atoms with Gasteiger partial charge in [-0.05, 0) is 0 Å². The Balaban J connectivity index is 2.60. The van der Waals surface area contributed by atoms with E-state index in [9.17, 15) is 9.59 Å². The zero-order valence-electron chi connectivity index (χ0n) is 4.76. The fraction of sp³-hybridized carbons (Fsp3) is 0.400. The van der Waals surface area contributed by atoms with Crippen molar-refractivity contribution in [3.8, 4) is 0 Å². The van der Waals surface area contributed by atoms with Crippen molar-refractivity contribution < 1.29 is 9.59 Å². The van der Waals surface area contributed by atoms with Gasteiger partial charge in [0.15, 0.2) is 5.78 Å². The molecule has 1 aliphatic heterocycles. The van der Waals surface area contributed by atoms with E-state index in [2.05, 4.69) is 10.3 Å². The lowest BCUT2D eigenvalue weighted by molar-refractivity contribution is -0.126. The SMILES string of the molecule is O=C1CN=CNC(=O)C1. The quantitative estimate of drug-likeness (QED) is 0.428. The maximum Gasteiger partial charge on any atom is 0.232 e. The van der Waals surface area contributed by atoms with Gasteiger partial charge in [-0.25, -0.2) is 0 Å². The van der Waals surface area contributed by atoms with Gasteiger partial charge in [-0.3, -0.25) is 14.6 Å². The van der Waals surface area contributed by atoms with Crippen molar-refractivity contribution in [1.29, 1.82) is 0 Å². The Hall–Kier alpha value is -1.19. The number of hydrogen-bond donors (Lipinski definition) is 1. The van der Waals surface area contributed by atoms with Gasteiger partial charge >= 0.3 is 0 Å². The molecule has 0 aromatic heterocycles. The van der Waals surface area contributed by atoms with E-state index in [1.165, 1.54) is 6.34 Å². The predicted molar refractivity (Wildman–Crippen MR) is 31.1 cm³/mol. The summed E-state index contributed by atoms with van der Waals surface area (Å²) in [4.78, 5) is 24.6. The molecular weight excluding hydrogens is 120 g/mol. The number of hydrogen-bond acceptors (Lipinski definition) is 3. The Labute approximate surface area is 52.0 Å². The van der Waals surface area contributed by atoms with Crippen molar-refractivity contribution in [2.75, 3.05) is 6.54 Å². The minimum Gasteiger partial charge on any atom is -0.317 e. The highest BCUT2D eigenvalue weighted by Gasteiger charge is 2.09. The van der Waals surface area contributed by atoms with Crippen LogP contribution in [-0.4, -0.2) is 24.6 Å². The normalized spacial score (nSPS) is 19.1. The van der Waals surface area contributed by atoms with Gasteiger partial charge in [0, 0.05) is 0 Å². The van der Waals surface area contributed by atoms with Gasteiger partial charge in [0.05, 0.1) is 19.3 Å². The molecule has 1 heterocycles. The third-order valence-corrected chi connectivity index (χ3v) is 0.942. The number of aliphatic imine (C=N–C) groups is 1. The second-order valence-corrected chi connectivity index (χ2v) is 1.75. The molecule has 0 fully saturated rings. The average Bonchev–Trinajstić information content (AvgIpc) is 1.93. The molecule has 1 amide bonds. The number of amides is 1. The lowest BCUT2D eigenvalue weighted by Crippen LogP contribution is -2.21. The third-order valence-electron chi connectivity index (χ3n) is 0.942. The fourth-order valence-corrected chi connectivity index (χ4v) is 0.551. The second-order valence-electron chi connectivity index (χ2n) is 1.75. The largest absolute Gasteiger partial charge is 0.317 e. The number of rotatable bonds is 0. The molecule has 0 saturated heterocycles. The Morgan fingerprint density at radius 2 is 2.33 bits per heavy atom. The van der Waals surface area contributed by atoms with Crippen molar-refractivity contribution in [3.63, 3.8) is 0 Å². The molecule has 1 aliphatic rings. The van der Waals surface area contributed by atoms with E-state index in [-0.39, 0.29) is 24.7 Å². The molecule has 0 unspecified atom stereocenters. The molecular formula is C5H6N2O2. The maximum atomic E-state index is 10.5. The Morgan fingerprint density at radius 1 is 1.56 bits per heavy atom. The van der Waals surface area contributed by atoms with Gasteiger partial charge in [0.25, 0.3) is 0 Å². The van der Waals surface area contributed by atoms with Gasteiger partial charge in [-0.1, -0.05) is 0 Å². The van der Waals surface area contributed by atoms with Crippen LogP contribution < -0.4 is 5.32 Å². The van der Waals surface area contributed by atoms with Crippen LogP contribution in [0.4, 0.5) is 0 Å². The lowest BCUT2D eigenvalue weighted by atomic mass is 10.3. The molecule has 4 nitrogen and oxygen atoms in total. The van der Waals surface area contributed by atoms with E-state index in [0.717, 1.165) is 0 Å². The first-order valence-corrected chi connectivity index (χ1v) is 2.58. The summed E-state index contributed by atoms with van der Waals surface area (Å²) in [5, 5.41) is 2.32. The number of nitrogens with one attached hydrogen (secondary N) is 1. The van der Waals surface area contributed by atoms with Crippen molar-refractivity contribution in [1.82, 2.24) is 5.32 Å². The highest BCUT2D eigenvalue weighted by molar-refractivity contribution is 6.04. The maximum absolute atomic E-state index is 10.5. The highest BCUT2D eigenvalue weighted by Crippen LogP contribution is 1.86. The van der Waals surface area contributed by atoms with Crippen LogP contribution in [0.25, 0.3) is 0 Å². The molecule has 0 bridgehead atoms. The minimum atomic E-state index is -0.277. The van der Waals surface area contributed by atoms with E-state index in [1.807, 2.05) is 0 Å². The molecule has 9 heavy (non-hydrogen) atoms. The number of Topliss-reactive ketones (excluding diaryl/α,β-unsaturated/α-hetero) is 1. The van der Waals surface area contributed by atoms with Gasteiger partial charge in [0.2, 0.25) is 5.91 Å². The highest BCUT2D eigenvalue weighted by atomic mass is 16.2. The summed E-state index contributed by atoms with van der Waals surface area (Å²) in [6, 6.07) is 0. The molecule has 0 aromatic carbocycles. The summed E-state index contributed by atoms with van der Waals surface area (Å²) in [6.45, 7) is 0.124. The fourth-order valence-electron chi connectivity index (χ4n) is 0.551. The lowest BCUT2D eigenvalue weighted by Gasteiger charge is -1.88. The zero-order chi connectivity index (χ0) is 6.69. The van der Waals surface area contributed by atoms with Crippen LogP contribution in [0.1, 0.15) is 6.42 Å². The first kappa shape index (κ1) is 5.94. The van der Waals surface area contributed by atoms with E-state index < -0.39 is 0 Å². The van der Waals surface area contributed by atoms with Crippen molar-refractivity contribution in [2.24, 2.45) is 4.99 Å². The smallest absolute Gasteiger partial charge is 0.232 e. The number of ketones is 1. The van der Waals surface area contributed by atoms with Crippen molar-refractivity contribution >= 4 is 18.0 Å². The number of carbonyl (C=O) groups is 2. The van der Waals surface area contributed by atoms with Crippen LogP contribution >= 0.6 is 0 Å². The topological polar surface area (TPSA) is 58.5 Å². The van der Waals surface area contributed by atoms with Crippen molar-refractivity contribution in [2.45, 2.75) is 6.42 Å². The van der Waals surface area contributed by atoms with Gasteiger partial charge in [0.1, 0.15) is 0 Å². The van der Waals surface area contributed by atoms with E-state index >= 15 is 0 Å². The Morgan fingerprint density at radius 3 is 3.11 bits per heavy atom. The average molecular weight is 126 g/mol. The first-order chi connectivity index (χ1) is 4.29. The molecule has 1 N–H and O–H groups in total. The molecule has 0 aliphatic carbocycles. The van der Waals surface area contributed by atoms with Crippen LogP contribution in [-0.2, 0) is 9.59 Å². The Bertz CT molecular complexity index is 156.